The zero-order valence-corrected chi connectivity index (χ0v) is 21.0. The number of hydrogen-bond acceptors (Lipinski definition) is 7. The van der Waals surface area contributed by atoms with Crippen molar-refractivity contribution in [2.24, 2.45) is 0 Å². The van der Waals surface area contributed by atoms with Crippen molar-refractivity contribution in [3.8, 4) is 0 Å². The summed E-state index contributed by atoms with van der Waals surface area (Å²) in [5.41, 5.74) is 1.21. The van der Waals surface area contributed by atoms with E-state index in [2.05, 4.69) is 10.6 Å². The summed E-state index contributed by atoms with van der Waals surface area (Å²) in [6, 6.07) is 7.00. The minimum Gasteiger partial charge on any atom is -0.458 e. The molecule has 0 aliphatic rings. The molecule has 33 heavy (non-hydrogen) atoms. The number of nitrogens with one attached hydrogen (secondary N) is 3. The van der Waals surface area contributed by atoms with Gasteiger partial charge in [0, 0.05) is 33.4 Å². The van der Waals surface area contributed by atoms with Crippen LogP contribution in [0.25, 0.3) is 0 Å². The standard InChI is InChI=1S/C25H41N3O5/c1-24(2,3)33-23(30)21(12-7-8-14-27-15-13-26)28-22(29)17-19-10-9-11-20(16-19)18-25(4,31-5)32-6/h9-11,13,16,21,26-27H,7-8,12,14-15,17-18H2,1-6H3,(H,28,29). The number of unbranched alkanes of at least 4 members (excludes halogenated alkanes) is 1. The van der Waals surface area contributed by atoms with Crippen LogP contribution in [0.1, 0.15) is 58.1 Å². The first-order chi connectivity index (χ1) is 15.5. The van der Waals surface area contributed by atoms with E-state index >= 15 is 0 Å². The van der Waals surface area contributed by atoms with Gasteiger partial charge in [0.25, 0.3) is 0 Å². The van der Waals surface area contributed by atoms with Gasteiger partial charge in [-0.15, -0.1) is 0 Å². The molecular formula is C25H41N3O5. The average Bonchev–Trinajstić information content (AvgIpc) is 2.74. The van der Waals surface area contributed by atoms with Crippen molar-refractivity contribution in [1.29, 1.82) is 5.41 Å². The summed E-state index contributed by atoms with van der Waals surface area (Å²) in [5.74, 6) is -1.39. The topological polar surface area (TPSA) is 110 Å². The molecule has 0 bridgehead atoms. The van der Waals surface area contributed by atoms with Gasteiger partial charge >= 0.3 is 5.97 Å². The maximum atomic E-state index is 12.8. The fraction of sp³-hybridized carbons (Fsp3) is 0.640. The summed E-state index contributed by atoms with van der Waals surface area (Å²) < 4.78 is 16.4. The molecule has 0 saturated carbocycles. The van der Waals surface area contributed by atoms with E-state index in [0.717, 1.165) is 30.5 Å². The highest BCUT2D eigenvalue weighted by Crippen LogP contribution is 2.19. The SMILES string of the molecule is COC(C)(Cc1cccc(CC(=O)NC(CCCCNCC=N)C(=O)OC(C)(C)C)c1)OC. The van der Waals surface area contributed by atoms with Crippen molar-refractivity contribution in [3.63, 3.8) is 0 Å². The van der Waals surface area contributed by atoms with Crippen molar-refractivity contribution in [2.45, 2.75) is 77.2 Å². The molecule has 0 aliphatic heterocycles. The summed E-state index contributed by atoms with van der Waals surface area (Å²) >= 11 is 0. The van der Waals surface area contributed by atoms with E-state index in [1.807, 2.05) is 52.0 Å². The van der Waals surface area contributed by atoms with E-state index in [-0.39, 0.29) is 12.3 Å². The van der Waals surface area contributed by atoms with Crippen LogP contribution in [0, 0.1) is 5.41 Å². The first kappa shape index (κ1) is 28.7. The molecule has 0 radical (unpaired) electrons. The second-order valence-electron chi connectivity index (χ2n) is 9.27. The Morgan fingerprint density at radius 2 is 1.76 bits per heavy atom. The fourth-order valence-electron chi connectivity index (χ4n) is 3.27. The van der Waals surface area contributed by atoms with Gasteiger partial charge in [0.2, 0.25) is 5.91 Å². The Bertz CT molecular complexity index is 757. The highest BCUT2D eigenvalue weighted by molar-refractivity contribution is 5.85. The molecule has 3 N–H and O–H groups in total. The van der Waals surface area contributed by atoms with E-state index in [4.69, 9.17) is 19.6 Å². The molecule has 1 aromatic carbocycles. The predicted molar refractivity (Wildman–Crippen MR) is 130 cm³/mol. The molecule has 0 aromatic heterocycles. The van der Waals surface area contributed by atoms with Crippen LogP contribution in [0.3, 0.4) is 0 Å². The van der Waals surface area contributed by atoms with E-state index in [0.29, 0.717) is 19.4 Å². The summed E-state index contributed by atoms with van der Waals surface area (Å²) in [4.78, 5) is 25.5. The van der Waals surface area contributed by atoms with Gasteiger partial charge in [-0.25, -0.2) is 4.79 Å². The van der Waals surface area contributed by atoms with Crippen molar-refractivity contribution >= 4 is 18.1 Å². The Balaban J connectivity index is 2.76. The maximum Gasteiger partial charge on any atom is 0.329 e. The van der Waals surface area contributed by atoms with Gasteiger partial charge in [-0.2, -0.15) is 0 Å². The molecule has 0 heterocycles. The third kappa shape index (κ3) is 11.9. The Morgan fingerprint density at radius 3 is 2.36 bits per heavy atom. The number of esters is 1. The third-order valence-corrected chi connectivity index (χ3v) is 5.11. The molecule has 1 aromatic rings. The molecular weight excluding hydrogens is 422 g/mol. The van der Waals surface area contributed by atoms with Crippen LogP contribution < -0.4 is 10.6 Å². The molecule has 1 amide bonds. The van der Waals surface area contributed by atoms with Crippen molar-refractivity contribution in [2.75, 3.05) is 27.3 Å². The Labute approximate surface area is 198 Å². The lowest BCUT2D eigenvalue weighted by Crippen LogP contribution is -2.44. The molecule has 186 valence electrons. The van der Waals surface area contributed by atoms with Crippen LogP contribution >= 0.6 is 0 Å². The highest BCUT2D eigenvalue weighted by atomic mass is 16.7. The van der Waals surface area contributed by atoms with Crippen molar-refractivity contribution < 1.29 is 23.8 Å². The van der Waals surface area contributed by atoms with Crippen LogP contribution in [-0.4, -0.2) is 62.8 Å². The molecule has 0 spiro atoms. The first-order valence-electron chi connectivity index (χ1n) is 11.4. The largest absolute Gasteiger partial charge is 0.458 e. The average molecular weight is 464 g/mol. The molecule has 0 fully saturated rings. The Hall–Kier alpha value is -2.29. The number of methoxy groups -OCH3 is 2. The van der Waals surface area contributed by atoms with Crippen LogP contribution in [0.2, 0.25) is 0 Å². The van der Waals surface area contributed by atoms with Crippen LogP contribution in [0.15, 0.2) is 24.3 Å². The number of ether oxygens (including phenoxy) is 3. The van der Waals surface area contributed by atoms with Crippen LogP contribution in [-0.2, 0) is 36.6 Å². The molecule has 8 nitrogen and oxygen atoms in total. The number of rotatable bonds is 15. The fourth-order valence-corrected chi connectivity index (χ4v) is 3.27. The monoisotopic (exact) mass is 463 g/mol. The van der Waals surface area contributed by atoms with E-state index < -0.39 is 23.4 Å². The first-order valence-corrected chi connectivity index (χ1v) is 11.4. The van der Waals surface area contributed by atoms with Crippen molar-refractivity contribution in [1.82, 2.24) is 10.6 Å². The van der Waals surface area contributed by atoms with Crippen LogP contribution in [0.5, 0.6) is 0 Å². The van der Waals surface area contributed by atoms with Gasteiger partial charge in [0.05, 0.1) is 6.42 Å². The second-order valence-corrected chi connectivity index (χ2v) is 9.27. The zero-order valence-electron chi connectivity index (χ0n) is 21.0. The maximum absolute atomic E-state index is 12.8. The summed E-state index contributed by atoms with van der Waals surface area (Å²) in [5, 5.41) is 13.0. The lowest BCUT2D eigenvalue weighted by Gasteiger charge is -2.26. The lowest BCUT2D eigenvalue weighted by molar-refractivity contribution is -0.191. The van der Waals surface area contributed by atoms with Gasteiger partial charge in [0.1, 0.15) is 11.6 Å². The third-order valence-electron chi connectivity index (χ3n) is 5.11. The predicted octanol–water partition coefficient (Wildman–Crippen LogP) is 3.02. The summed E-state index contributed by atoms with van der Waals surface area (Å²) in [6.07, 6.45) is 4.09. The molecule has 1 atom stereocenters. The molecule has 0 saturated heterocycles. The van der Waals surface area contributed by atoms with Crippen molar-refractivity contribution in [3.05, 3.63) is 35.4 Å². The highest BCUT2D eigenvalue weighted by Gasteiger charge is 2.27. The Kier molecular flexibility index (Phi) is 12.3. The van der Waals surface area contributed by atoms with E-state index in [1.165, 1.54) is 6.21 Å². The molecule has 0 aliphatic carbocycles. The van der Waals surface area contributed by atoms with Gasteiger partial charge in [-0.1, -0.05) is 24.3 Å². The minimum atomic E-state index is -0.740. The molecule has 1 rings (SSSR count). The van der Waals surface area contributed by atoms with Gasteiger partial charge in [-0.3, -0.25) is 4.79 Å². The number of carbonyl (C=O) groups excluding carboxylic acids is 2. The second kappa shape index (κ2) is 14.1. The summed E-state index contributed by atoms with van der Waals surface area (Å²) in [7, 11) is 3.20. The van der Waals surface area contributed by atoms with Crippen LogP contribution in [0.4, 0.5) is 0 Å². The van der Waals surface area contributed by atoms with Gasteiger partial charge in [0.15, 0.2) is 5.79 Å². The minimum absolute atomic E-state index is 0.157. The number of benzene rings is 1. The lowest BCUT2D eigenvalue weighted by atomic mass is 10.0. The number of hydrogen-bond donors (Lipinski definition) is 3. The normalized spacial score (nSPS) is 12.8. The number of carbonyl (C=O) groups is 2. The number of amides is 1. The van der Waals surface area contributed by atoms with E-state index in [9.17, 15) is 9.59 Å². The zero-order chi connectivity index (χ0) is 24.9. The summed E-state index contributed by atoms with van der Waals surface area (Å²) in [6.45, 7) is 8.57. The van der Waals surface area contributed by atoms with Gasteiger partial charge < -0.3 is 30.3 Å². The molecule has 1 unspecified atom stereocenters. The molecule has 8 heteroatoms. The van der Waals surface area contributed by atoms with Gasteiger partial charge in [-0.05, 0) is 64.6 Å². The smallest absolute Gasteiger partial charge is 0.329 e. The Morgan fingerprint density at radius 1 is 1.09 bits per heavy atom. The van der Waals surface area contributed by atoms with E-state index in [1.54, 1.807) is 14.2 Å². The quantitative estimate of drug-likeness (QED) is 0.160.